The second kappa shape index (κ2) is 37.3. The number of anilines is 18. The van der Waals surface area contributed by atoms with Crippen LogP contribution < -0.4 is 29.4 Å². The zero-order chi connectivity index (χ0) is 95.2. The minimum atomic E-state index is -0.270. The van der Waals surface area contributed by atoms with Crippen LogP contribution in [0.3, 0.4) is 0 Å². The van der Waals surface area contributed by atoms with Gasteiger partial charge >= 0.3 is 0 Å². The van der Waals surface area contributed by atoms with Crippen LogP contribution in [0.4, 0.5) is 126 Å². The fourth-order valence-electron chi connectivity index (χ4n) is 20.2. The Hall–Kier alpha value is -18.1. The van der Waals surface area contributed by atoms with E-state index in [-0.39, 0.29) is 23.3 Å². The lowest BCUT2D eigenvalue weighted by atomic mass is 9.91. The maximum atomic E-state index is 14.2. The normalized spacial score (nSPS) is 11.4. The third kappa shape index (κ3) is 16.2. The molecule has 0 fully saturated rings. The predicted molar refractivity (Wildman–Crippen MR) is 578 cm³/mol. The lowest BCUT2D eigenvalue weighted by molar-refractivity contribution is 0.627. The summed E-state index contributed by atoms with van der Waals surface area (Å²) in [4.78, 5) is 17.1. The van der Waals surface area contributed by atoms with Crippen molar-refractivity contribution in [1.82, 2.24) is 0 Å². The zero-order valence-corrected chi connectivity index (χ0v) is 77.1. The first-order valence-corrected chi connectivity index (χ1v) is 47.0. The molecule has 0 aliphatic rings. The van der Waals surface area contributed by atoms with Gasteiger partial charge in [-0.15, -0.1) is 0 Å². The number of nitrogens with zero attached hydrogens (tertiary/aromatic N) is 8. The van der Waals surface area contributed by atoms with E-state index in [1.54, 1.807) is 0 Å². The van der Waals surface area contributed by atoms with Gasteiger partial charge in [0.05, 0.1) is 57.6 Å². The van der Waals surface area contributed by atoms with Crippen molar-refractivity contribution in [1.29, 1.82) is 5.26 Å². The fourth-order valence-corrected chi connectivity index (χ4v) is 20.2. The summed E-state index contributed by atoms with van der Waals surface area (Å²) in [5, 5.41) is 30.5. The number of para-hydroxylation sites is 7. The molecule has 0 spiro atoms. The van der Waals surface area contributed by atoms with E-state index in [2.05, 4.69) is 311 Å². The van der Waals surface area contributed by atoms with Crippen LogP contribution in [0.25, 0.3) is 102 Å². The maximum absolute atomic E-state index is 14.2. The molecule has 0 heterocycles. The van der Waals surface area contributed by atoms with E-state index in [0.29, 0.717) is 23.1 Å². The maximum Gasteiger partial charge on any atom is 0.210 e. The third-order valence-corrected chi connectivity index (χ3v) is 26.8. The monoisotopic (exact) mass is 1810 g/mol. The SMILES string of the molecule is CC(C)c1ccc(N(c2ccc(F)cc2)c2ccc3ccc4c(N(c5ccc(F)cc5)c5ccc(C(C)C)cc5)ccc5ccc2c3c54)cc1.Fc1ccc(N(c2ccccc2)c2ccc3ccc4c(N(c5ccccc5)c5ccc(F)cc5)ccc5ccc2c3c54)cc1.[C-]#[N+]c1ccccc1N(c1ccccc1)c1ccc2ccc3c(N(c4ccccc4)c4ccccc4C#N)ccc4ccc1c2c43. The summed E-state index contributed by atoms with van der Waals surface area (Å²) in [6.45, 7) is 16.7. The summed E-state index contributed by atoms with van der Waals surface area (Å²) >= 11 is 0. The van der Waals surface area contributed by atoms with Gasteiger partial charge in [0.2, 0.25) is 5.69 Å². The Morgan fingerprint density at radius 3 is 0.657 bits per heavy atom. The van der Waals surface area contributed by atoms with Crippen molar-refractivity contribution in [2.75, 3.05) is 29.4 Å². The van der Waals surface area contributed by atoms with E-state index < -0.39 is 0 Å². The molecule has 0 unspecified atom stereocenters. The number of rotatable bonds is 20. The number of hydrogen-bond acceptors (Lipinski definition) is 7. The molecule has 140 heavy (non-hydrogen) atoms. The number of benzene rings is 24. The molecule has 0 radical (unpaired) electrons. The van der Waals surface area contributed by atoms with E-state index in [1.807, 2.05) is 170 Å². The van der Waals surface area contributed by atoms with Gasteiger partial charge in [-0.1, -0.05) is 264 Å². The van der Waals surface area contributed by atoms with Crippen molar-refractivity contribution >= 4 is 205 Å². The van der Waals surface area contributed by atoms with Gasteiger partial charge in [-0.2, -0.15) is 5.26 Å². The van der Waals surface area contributed by atoms with Crippen LogP contribution in [0.1, 0.15) is 56.2 Å². The van der Waals surface area contributed by atoms with Gasteiger partial charge in [-0.25, -0.2) is 22.4 Å². The average molecular weight is 1820 g/mol. The Balaban J connectivity index is 0.000000121. The first-order valence-electron chi connectivity index (χ1n) is 47.0. The van der Waals surface area contributed by atoms with Crippen LogP contribution in [-0.4, -0.2) is 0 Å². The molecule has 0 amide bonds. The van der Waals surface area contributed by atoms with Crippen molar-refractivity contribution in [3.63, 3.8) is 0 Å². The van der Waals surface area contributed by atoms with Gasteiger partial charge in [0.25, 0.3) is 0 Å². The fraction of sp³-hybridized carbons (Fsp3) is 0.0469. The lowest BCUT2D eigenvalue weighted by Gasteiger charge is -2.30. The minimum absolute atomic E-state index is 0.267. The molecule has 8 nitrogen and oxygen atoms in total. The molecule has 0 aliphatic heterocycles. The standard InChI is InChI=1S/C46H38F2N2.C42H26N4.C40H26F2N2/c1-29(2)31-5-17-37(18-6-31)49(39-21-13-35(47)14-22-39)43-27-11-33-10-26-42-44(28-12-34-9-25-41(43)45(33)46(34)42)50(40-23-15-36(48)16-24-40)38-19-7-32(8-20-38)30(3)4;1-44-36-17-9-11-19-40(36)46(33-15-6-3-7-16-33)39-27-23-30-20-24-34-38(26-22-29-21-25-35(39)42(30)41(29)34)45(32-13-4-2-5-14-32)37-18-10-8-12-31(37)28-43;41-29-15-19-33(20-16-29)43(31-7-3-1-4-8-31)37-25-13-27-12-24-36-38(26-14-28-11-23-35(37)39(27)40(28)36)44(32-9-5-2-6-10-32)34-21-17-30(42)18-22-34/h5-30H,1-4H3;2-27H;1-26H. The summed E-state index contributed by atoms with van der Waals surface area (Å²) in [5.74, 6) is -0.250. The molecule has 0 aromatic heterocycles. The van der Waals surface area contributed by atoms with E-state index in [1.165, 1.54) is 70.4 Å². The second-order valence-electron chi connectivity index (χ2n) is 35.8. The Kier molecular flexibility index (Phi) is 23.2. The van der Waals surface area contributed by atoms with Crippen LogP contribution in [0.2, 0.25) is 0 Å². The van der Waals surface area contributed by atoms with E-state index >= 15 is 0 Å². The summed E-state index contributed by atoms with van der Waals surface area (Å²) in [7, 11) is 0. The largest absolute Gasteiger partial charge is 0.320 e. The van der Waals surface area contributed by atoms with Crippen LogP contribution >= 0.6 is 0 Å². The van der Waals surface area contributed by atoms with Crippen molar-refractivity contribution in [3.05, 3.63) is 512 Å². The third-order valence-electron chi connectivity index (χ3n) is 26.8. The van der Waals surface area contributed by atoms with E-state index in [4.69, 9.17) is 6.57 Å². The minimum Gasteiger partial charge on any atom is -0.320 e. The Labute approximate surface area is 809 Å². The van der Waals surface area contributed by atoms with Crippen LogP contribution in [0, 0.1) is 41.2 Å². The summed E-state index contributed by atoms with van der Waals surface area (Å²) in [6, 6.07) is 155. The number of nitriles is 1. The molecule has 24 aromatic carbocycles. The van der Waals surface area contributed by atoms with Crippen molar-refractivity contribution in [2.45, 2.75) is 39.5 Å². The highest BCUT2D eigenvalue weighted by Crippen LogP contribution is 2.54. The van der Waals surface area contributed by atoms with Gasteiger partial charge in [0.1, 0.15) is 29.3 Å². The summed E-state index contributed by atoms with van der Waals surface area (Å²) in [5.41, 5.74) is 20.9. The lowest BCUT2D eigenvalue weighted by Crippen LogP contribution is -2.12. The molecular formula is C128H90F4N8. The average Bonchev–Trinajstić information content (AvgIpc) is 0.725. The molecule has 24 aromatic rings. The topological polar surface area (TPSA) is 47.6 Å². The highest BCUT2D eigenvalue weighted by atomic mass is 19.1. The molecule has 0 N–H and O–H groups in total. The quantitative estimate of drug-likeness (QED) is 0.0428. The zero-order valence-electron chi connectivity index (χ0n) is 77.1. The molecule has 12 heteroatoms. The second-order valence-corrected chi connectivity index (χ2v) is 35.8. The van der Waals surface area contributed by atoms with Gasteiger partial charge < -0.3 is 29.4 Å². The molecule has 0 atom stereocenters. The van der Waals surface area contributed by atoms with Crippen LogP contribution in [0.15, 0.2) is 461 Å². The van der Waals surface area contributed by atoms with Crippen LogP contribution in [0.5, 0.6) is 0 Å². The van der Waals surface area contributed by atoms with Crippen molar-refractivity contribution in [3.8, 4) is 6.07 Å². The number of halogens is 4. The molecule has 0 bridgehead atoms. The Bertz CT molecular complexity index is 8230. The first-order chi connectivity index (χ1) is 68.7. The Morgan fingerprint density at radius 2 is 0.407 bits per heavy atom. The highest BCUT2D eigenvalue weighted by Gasteiger charge is 2.29. The van der Waals surface area contributed by atoms with Crippen molar-refractivity contribution < 1.29 is 17.6 Å². The van der Waals surface area contributed by atoms with E-state index in [9.17, 15) is 22.8 Å². The van der Waals surface area contributed by atoms with Gasteiger partial charge in [0, 0.05) is 89.2 Å². The highest BCUT2D eigenvalue weighted by molar-refractivity contribution is 6.31. The Morgan fingerprint density at radius 1 is 0.207 bits per heavy atom. The van der Waals surface area contributed by atoms with Gasteiger partial charge in [-0.05, 0) is 312 Å². The number of hydrogen-bond donors (Lipinski definition) is 0. The van der Waals surface area contributed by atoms with Crippen molar-refractivity contribution in [2.24, 2.45) is 0 Å². The molecular weight excluding hydrogens is 1730 g/mol. The van der Waals surface area contributed by atoms with Gasteiger partial charge in [-0.3, -0.25) is 0 Å². The molecule has 0 saturated carbocycles. The summed E-state index contributed by atoms with van der Waals surface area (Å²) in [6.07, 6.45) is 0. The predicted octanol–water partition coefficient (Wildman–Crippen LogP) is 37.8. The molecule has 0 aliphatic carbocycles. The van der Waals surface area contributed by atoms with E-state index in [0.717, 1.165) is 189 Å². The summed E-state index contributed by atoms with van der Waals surface area (Å²) < 4.78 is 56.4. The van der Waals surface area contributed by atoms with Crippen LogP contribution in [-0.2, 0) is 0 Å². The molecule has 24 rings (SSSR count). The molecule has 670 valence electrons. The first kappa shape index (κ1) is 87.3. The van der Waals surface area contributed by atoms with Gasteiger partial charge in [0.15, 0.2) is 0 Å². The smallest absolute Gasteiger partial charge is 0.210 e. The molecule has 0 saturated heterocycles.